The molecule has 8 nitrogen and oxygen atoms in total. The maximum absolute atomic E-state index is 12.7. The van der Waals surface area contributed by atoms with E-state index in [1.165, 1.54) is 0 Å². The molecule has 178 valence electrons. The van der Waals surface area contributed by atoms with Crippen molar-refractivity contribution >= 4 is 23.4 Å². The number of nitrogens with one attached hydrogen (secondary N) is 2. The van der Waals surface area contributed by atoms with Crippen LogP contribution in [0.1, 0.15) is 27.0 Å². The maximum Gasteiger partial charge on any atom is 0.320 e. The van der Waals surface area contributed by atoms with Crippen LogP contribution in [0.2, 0.25) is 0 Å². The van der Waals surface area contributed by atoms with E-state index in [4.69, 9.17) is 21.3 Å². The number of methoxy groups -OCH3 is 1. The predicted octanol–water partition coefficient (Wildman–Crippen LogP) is 2.38. The monoisotopic (exact) mass is 462 g/mol. The predicted molar refractivity (Wildman–Crippen MR) is 131 cm³/mol. The lowest BCUT2D eigenvalue weighted by Gasteiger charge is -2.28. The highest BCUT2D eigenvalue weighted by Gasteiger charge is 2.20. The lowest BCUT2D eigenvalue weighted by Crippen LogP contribution is -2.35. The molecule has 2 aromatic carbocycles. The Morgan fingerprint density at radius 1 is 1.15 bits per heavy atom. The summed E-state index contributed by atoms with van der Waals surface area (Å²) in [5.41, 5.74) is 4.21. The Balaban J connectivity index is 1.56. The van der Waals surface area contributed by atoms with Crippen molar-refractivity contribution in [3.63, 3.8) is 0 Å². The fourth-order valence-corrected chi connectivity index (χ4v) is 3.71. The Labute approximate surface area is 200 Å². The number of nitrogens with zero attached hydrogens (tertiary/aromatic N) is 2. The minimum atomic E-state index is -0.256. The van der Waals surface area contributed by atoms with E-state index < -0.39 is 0 Å². The van der Waals surface area contributed by atoms with Crippen LogP contribution in [0.4, 0.5) is 5.69 Å². The zero-order valence-electron chi connectivity index (χ0n) is 19.6. The second kappa shape index (κ2) is 12.0. The molecule has 3 rings (SSSR count). The van der Waals surface area contributed by atoms with Gasteiger partial charge in [0, 0.05) is 44.1 Å². The van der Waals surface area contributed by atoms with Crippen molar-refractivity contribution < 1.29 is 19.1 Å². The lowest BCUT2D eigenvalue weighted by atomic mass is 9.99. The van der Waals surface area contributed by atoms with E-state index in [2.05, 4.69) is 16.1 Å². The van der Waals surface area contributed by atoms with Gasteiger partial charge in [-0.15, -0.1) is 6.42 Å². The van der Waals surface area contributed by atoms with Crippen LogP contribution < -0.4 is 5.32 Å². The zero-order chi connectivity index (χ0) is 24.5. The van der Waals surface area contributed by atoms with E-state index in [1.54, 1.807) is 43.3 Å². The first-order valence-corrected chi connectivity index (χ1v) is 11.0. The van der Waals surface area contributed by atoms with Crippen LogP contribution >= 0.6 is 0 Å². The molecule has 0 saturated carbocycles. The molecule has 34 heavy (non-hydrogen) atoms. The molecule has 0 bridgehead atoms. The highest BCUT2D eigenvalue weighted by atomic mass is 16.6. The first kappa shape index (κ1) is 25.0. The molecule has 0 aliphatic carbocycles. The Morgan fingerprint density at radius 3 is 2.59 bits per heavy atom. The first-order valence-electron chi connectivity index (χ1n) is 11.0. The molecule has 2 aromatic rings. The molecular weight excluding hydrogens is 432 g/mol. The largest absolute Gasteiger partial charge is 0.462 e. The Morgan fingerprint density at radius 2 is 1.88 bits per heavy atom. The van der Waals surface area contributed by atoms with Crippen molar-refractivity contribution in [1.82, 2.24) is 9.80 Å². The molecule has 2 N–H and O–H groups in total. The van der Waals surface area contributed by atoms with Gasteiger partial charge >= 0.3 is 5.97 Å². The van der Waals surface area contributed by atoms with Crippen LogP contribution in [0.5, 0.6) is 0 Å². The average molecular weight is 463 g/mol. The Hall–Kier alpha value is -3.67. The molecular formula is C26H30N4O4. The van der Waals surface area contributed by atoms with Gasteiger partial charge in [-0.25, -0.2) is 0 Å². The molecule has 1 amide bonds. The number of ether oxygens (including phenoxy) is 2. The minimum Gasteiger partial charge on any atom is -0.462 e. The van der Waals surface area contributed by atoms with Crippen LogP contribution in [0.25, 0.3) is 0 Å². The summed E-state index contributed by atoms with van der Waals surface area (Å²) in [4.78, 5) is 28.4. The number of amides is 1. The summed E-state index contributed by atoms with van der Waals surface area (Å²) in [6.07, 6.45) is 6.09. The van der Waals surface area contributed by atoms with E-state index >= 15 is 0 Å². The van der Waals surface area contributed by atoms with Crippen LogP contribution in [0.3, 0.4) is 0 Å². The fraction of sp³-hybridized carbons (Fsp3) is 0.346. The van der Waals surface area contributed by atoms with E-state index in [0.29, 0.717) is 36.7 Å². The van der Waals surface area contributed by atoms with Gasteiger partial charge in [0.15, 0.2) is 0 Å². The number of terminal acetylenes is 1. The molecule has 0 saturated heterocycles. The van der Waals surface area contributed by atoms with Crippen molar-refractivity contribution in [2.45, 2.75) is 13.0 Å². The second-order valence-electron chi connectivity index (χ2n) is 8.10. The van der Waals surface area contributed by atoms with Gasteiger partial charge in [-0.3, -0.25) is 19.9 Å². The molecule has 1 aliphatic rings. The third-order valence-electron chi connectivity index (χ3n) is 5.59. The lowest BCUT2D eigenvalue weighted by molar-refractivity contribution is -0.146. The van der Waals surface area contributed by atoms with Gasteiger partial charge in [0.05, 0.1) is 19.7 Å². The summed E-state index contributed by atoms with van der Waals surface area (Å²) in [7, 11) is 3.32. The van der Waals surface area contributed by atoms with Crippen molar-refractivity contribution in [2.24, 2.45) is 0 Å². The zero-order valence-corrected chi connectivity index (χ0v) is 19.6. The average Bonchev–Trinajstić information content (AvgIpc) is 2.84. The summed E-state index contributed by atoms with van der Waals surface area (Å²) in [6, 6.07) is 12.7. The number of amidine groups is 1. The van der Waals surface area contributed by atoms with Gasteiger partial charge in [0.25, 0.3) is 5.91 Å². The van der Waals surface area contributed by atoms with E-state index in [1.807, 2.05) is 18.2 Å². The SMILES string of the molecule is C#CCN(C)C(=N)c1ccc(C(=O)Nc2ccc3c(c2)CCN(CC(=O)OCCOC)C3)cc1. The van der Waals surface area contributed by atoms with Gasteiger partial charge in [0.1, 0.15) is 12.4 Å². The molecule has 0 radical (unpaired) electrons. The van der Waals surface area contributed by atoms with Gasteiger partial charge < -0.3 is 19.7 Å². The smallest absolute Gasteiger partial charge is 0.320 e. The van der Waals surface area contributed by atoms with Crippen LogP contribution in [-0.2, 0) is 27.2 Å². The third kappa shape index (κ3) is 6.67. The summed E-state index contributed by atoms with van der Waals surface area (Å²) in [5, 5.41) is 11.1. The molecule has 0 atom stereocenters. The summed E-state index contributed by atoms with van der Waals surface area (Å²) >= 11 is 0. The van der Waals surface area contributed by atoms with Crippen molar-refractivity contribution in [1.29, 1.82) is 5.41 Å². The summed E-state index contributed by atoms with van der Waals surface area (Å²) in [6.45, 7) is 2.64. The Bertz CT molecular complexity index is 1080. The van der Waals surface area contributed by atoms with E-state index in [-0.39, 0.29) is 25.0 Å². The van der Waals surface area contributed by atoms with Gasteiger partial charge in [-0.2, -0.15) is 0 Å². The van der Waals surface area contributed by atoms with Gasteiger partial charge in [0.2, 0.25) is 0 Å². The number of fused-ring (bicyclic) bond motifs is 1. The molecule has 0 aromatic heterocycles. The fourth-order valence-electron chi connectivity index (χ4n) is 3.71. The van der Waals surface area contributed by atoms with E-state index in [0.717, 1.165) is 29.8 Å². The van der Waals surface area contributed by atoms with Crippen molar-refractivity contribution in [2.75, 3.05) is 52.3 Å². The normalized spacial score (nSPS) is 12.9. The minimum absolute atomic E-state index is 0.216. The highest BCUT2D eigenvalue weighted by molar-refractivity contribution is 6.05. The number of rotatable bonds is 9. The number of benzene rings is 2. The quantitative estimate of drug-likeness (QED) is 0.195. The van der Waals surface area contributed by atoms with Gasteiger partial charge in [-0.05, 0) is 41.8 Å². The molecule has 1 heterocycles. The summed E-state index contributed by atoms with van der Waals surface area (Å²) < 4.78 is 10.0. The topological polar surface area (TPSA) is 95.0 Å². The van der Waals surface area contributed by atoms with Gasteiger partial charge in [-0.1, -0.05) is 24.1 Å². The third-order valence-corrected chi connectivity index (χ3v) is 5.59. The van der Waals surface area contributed by atoms with Crippen LogP contribution in [0.15, 0.2) is 42.5 Å². The maximum atomic E-state index is 12.7. The molecule has 0 fully saturated rings. The highest BCUT2D eigenvalue weighted by Crippen LogP contribution is 2.23. The number of carbonyl (C=O) groups is 2. The number of hydrogen-bond acceptors (Lipinski definition) is 6. The molecule has 8 heteroatoms. The summed E-state index contributed by atoms with van der Waals surface area (Å²) in [5.74, 6) is 2.34. The molecule has 0 unspecified atom stereocenters. The number of carbonyl (C=O) groups excluding carboxylic acids is 2. The van der Waals surface area contributed by atoms with Crippen LogP contribution in [0, 0.1) is 17.8 Å². The standard InChI is InChI=1S/C26H30N4O4/c1-4-12-29(2)25(27)19-5-7-20(8-6-19)26(32)28-23-10-9-22-17-30(13-11-21(22)16-23)18-24(31)34-15-14-33-3/h1,5-10,16,27H,11-15,17-18H2,2-3H3,(H,28,32). The van der Waals surface area contributed by atoms with E-state index in [9.17, 15) is 9.59 Å². The van der Waals surface area contributed by atoms with Crippen molar-refractivity contribution in [3.8, 4) is 12.3 Å². The number of esters is 1. The van der Waals surface area contributed by atoms with Crippen molar-refractivity contribution in [3.05, 3.63) is 64.7 Å². The number of hydrogen-bond donors (Lipinski definition) is 2. The molecule has 0 spiro atoms. The van der Waals surface area contributed by atoms with Crippen LogP contribution in [-0.4, -0.2) is 74.5 Å². The molecule has 1 aliphatic heterocycles. The number of anilines is 1. The Kier molecular flexibility index (Phi) is 8.79. The first-order chi connectivity index (χ1) is 16.4. The second-order valence-corrected chi connectivity index (χ2v) is 8.10.